The molecule has 0 aromatic carbocycles. The largest absolute Gasteiger partial charge is 0.481 e. The van der Waals surface area contributed by atoms with Gasteiger partial charge in [0.1, 0.15) is 18.3 Å². The Bertz CT molecular complexity index is 423. The van der Waals surface area contributed by atoms with Gasteiger partial charge in [-0.25, -0.2) is 0 Å². The molecule has 15 nitrogen and oxygen atoms in total. The molecule has 1 heterocycles. The Morgan fingerprint density at radius 3 is 1.17 bits per heavy atom. The average molecular weight is 436 g/mol. The Balaban J connectivity index is -0.000000162. The van der Waals surface area contributed by atoms with Crippen molar-refractivity contribution in [2.45, 2.75) is 58.1 Å². The van der Waals surface area contributed by atoms with Crippen LogP contribution >= 0.6 is 0 Å². The van der Waals surface area contributed by atoms with Crippen molar-refractivity contribution in [2.24, 2.45) is 0 Å². The molecule has 1 rings (SSSR count). The molecule has 1 aliphatic rings. The van der Waals surface area contributed by atoms with E-state index in [1.54, 1.807) is 0 Å². The number of aliphatic hydroxyl groups excluding tert-OH is 4. The Kier molecular flexibility index (Phi) is 20.8. The number of carboxylic acid groups (broad SMARTS) is 4. The Labute approximate surface area is 164 Å². The zero-order valence-electron chi connectivity index (χ0n) is 16.0. The van der Waals surface area contributed by atoms with Crippen LogP contribution in [0.2, 0.25) is 0 Å². The van der Waals surface area contributed by atoms with Crippen LogP contribution in [0.1, 0.15) is 27.7 Å². The molecule has 10 N–H and O–H groups in total. The van der Waals surface area contributed by atoms with Crippen molar-refractivity contribution in [2.75, 3.05) is 6.61 Å². The van der Waals surface area contributed by atoms with Crippen LogP contribution in [0.5, 0.6) is 0 Å². The summed E-state index contributed by atoms with van der Waals surface area (Å²) in [7, 11) is 0. The van der Waals surface area contributed by atoms with E-state index in [0.29, 0.717) is 0 Å². The number of rotatable bonds is 1. The summed E-state index contributed by atoms with van der Waals surface area (Å²) in [6.07, 6.45) is -6.72. The predicted molar refractivity (Wildman–Crippen MR) is 90.4 cm³/mol. The van der Waals surface area contributed by atoms with E-state index in [0.717, 1.165) is 27.7 Å². The molecule has 0 aromatic heterocycles. The predicted octanol–water partition coefficient (Wildman–Crippen LogP) is -3.54. The van der Waals surface area contributed by atoms with E-state index in [-0.39, 0.29) is 0 Å². The van der Waals surface area contributed by atoms with Gasteiger partial charge in [-0.2, -0.15) is 0 Å². The Morgan fingerprint density at radius 1 is 0.724 bits per heavy atom. The van der Waals surface area contributed by atoms with Crippen molar-refractivity contribution in [1.29, 1.82) is 0 Å². The maximum absolute atomic E-state index is 9.12. The van der Waals surface area contributed by atoms with Gasteiger partial charge in [-0.1, -0.05) is 0 Å². The molecule has 1 aliphatic heterocycles. The molecular formula is C14H28O15. The van der Waals surface area contributed by atoms with E-state index in [4.69, 9.17) is 70.2 Å². The van der Waals surface area contributed by atoms with Crippen LogP contribution in [-0.4, -0.2) is 112 Å². The minimum atomic E-state index is -2.95. The first-order valence-electron chi connectivity index (χ1n) is 7.39. The molecule has 4 atom stereocenters. The highest BCUT2D eigenvalue weighted by Crippen LogP contribution is 2.25. The highest BCUT2D eigenvalue weighted by molar-refractivity contribution is 5.63. The van der Waals surface area contributed by atoms with E-state index in [9.17, 15) is 0 Å². The molecule has 0 amide bonds. The normalized spacial score (nSPS) is 23.5. The third-order valence-electron chi connectivity index (χ3n) is 1.94. The molecule has 0 radical (unpaired) electrons. The third-order valence-corrected chi connectivity index (χ3v) is 1.94. The summed E-state index contributed by atoms with van der Waals surface area (Å²) in [5.41, 5.74) is 0. The van der Waals surface area contributed by atoms with E-state index in [1.165, 1.54) is 0 Å². The standard InChI is InChI=1S/C6H12O7.4C2H4O2/c7-1-2-3(8)4(9)5(10)6(11,12)13-2;4*1-2(3)4/h2-5,7-12H,1H2;4*1H3,(H,3,4)/t2-,3-,4+,5-;;;;/m1..../s1. The van der Waals surface area contributed by atoms with Gasteiger partial charge >= 0.3 is 5.97 Å². The van der Waals surface area contributed by atoms with E-state index < -0.39 is 60.9 Å². The van der Waals surface area contributed by atoms with Crippen LogP contribution in [0.3, 0.4) is 0 Å². The molecular weight excluding hydrogens is 408 g/mol. The van der Waals surface area contributed by atoms with Gasteiger partial charge in [0.05, 0.1) is 6.61 Å². The first-order chi connectivity index (χ1) is 12.8. The monoisotopic (exact) mass is 436 g/mol. The number of aliphatic carboxylic acids is 4. The van der Waals surface area contributed by atoms with Gasteiger partial charge in [-0.05, 0) is 0 Å². The molecule has 0 bridgehead atoms. The number of carboxylic acids is 4. The van der Waals surface area contributed by atoms with Crippen LogP contribution < -0.4 is 0 Å². The zero-order valence-corrected chi connectivity index (χ0v) is 16.0. The molecule has 1 fully saturated rings. The third kappa shape index (κ3) is 27.9. The molecule has 0 spiro atoms. The van der Waals surface area contributed by atoms with Crippen LogP contribution in [0.25, 0.3) is 0 Å². The van der Waals surface area contributed by atoms with Crippen molar-refractivity contribution in [3.63, 3.8) is 0 Å². The van der Waals surface area contributed by atoms with Gasteiger partial charge in [0.15, 0.2) is 6.10 Å². The van der Waals surface area contributed by atoms with Crippen molar-refractivity contribution in [3.8, 4) is 0 Å². The van der Waals surface area contributed by atoms with Crippen LogP contribution in [0.15, 0.2) is 0 Å². The molecule has 0 aromatic rings. The first-order valence-corrected chi connectivity index (χ1v) is 7.39. The quantitative estimate of drug-likeness (QED) is 0.178. The molecule has 174 valence electrons. The number of hydrogen-bond donors (Lipinski definition) is 10. The minimum Gasteiger partial charge on any atom is -0.481 e. The molecule has 1 saturated heterocycles. The van der Waals surface area contributed by atoms with Gasteiger partial charge in [0.2, 0.25) is 0 Å². The van der Waals surface area contributed by atoms with Crippen molar-refractivity contribution in [1.82, 2.24) is 0 Å². The van der Waals surface area contributed by atoms with Gasteiger partial charge in [-0.3, -0.25) is 19.2 Å². The zero-order chi connectivity index (χ0) is 24.5. The van der Waals surface area contributed by atoms with Crippen molar-refractivity contribution in [3.05, 3.63) is 0 Å². The Morgan fingerprint density at radius 2 is 0.966 bits per heavy atom. The fourth-order valence-corrected chi connectivity index (χ4v) is 1.14. The van der Waals surface area contributed by atoms with Crippen molar-refractivity contribution >= 4 is 23.9 Å². The summed E-state index contributed by atoms with van der Waals surface area (Å²) >= 11 is 0. The first kappa shape index (κ1) is 34.1. The molecule has 0 unspecified atom stereocenters. The van der Waals surface area contributed by atoms with Gasteiger partial charge < -0.3 is 55.8 Å². The number of aliphatic hydroxyl groups is 6. The van der Waals surface area contributed by atoms with Crippen LogP contribution in [0.4, 0.5) is 0 Å². The van der Waals surface area contributed by atoms with Crippen LogP contribution in [-0.2, 0) is 23.9 Å². The van der Waals surface area contributed by atoms with E-state index in [2.05, 4.69) is 4.74 Å². The fraction of sp³-hybridized carbons (Fsp3) is 0.714. The maximum Gasteiger partial charge on any atom is 0.308 e. The highest BCUT2D eigenvalue weighted by Gasteiger charge is 2.51. The number of carbonyl (C=O) groups is 4. The summed E-state index contributed by atoms with van der Waals surface area (Å²) in [6.45, 7) is 3.63. The molecule has 15 heteroatoms. The number of hydrogen-bond acceptors (Lipinski definition) is 11. The lowest BCUT2D eigenvalue weighted by molar-refractivity contribution is -0.435. The number of ether oxygens (including phenoxy) is 1. The lowest BCUT2D eigenvalue weighted by Gasteiger charge is -2.41. The molecule has 0 saturated carbocycles. The molecule has 0 aliphatic carbocycles. The second-order valence-electron chi connectivity index (χ2n) is 5.00. The minimum absolute atomic E-state index is 0.701. The average Bonchev–Trinajstić information content (AvgIpc) is 2.47. The van der Waals surface area contributed by atoms with E-state index in [1.807, 2.05) is 0 Å². The SMILES string of the molecule is CC(=O)O.CC(=O)O.CC(=O)O.CC(=O)O.OC[C@H]1OC(O)(O)[C@H](O)[C@@H](O)[C@@H]1O. The van der Waals surface area contributed by atoms with Gasteiger partial charge in [0, 0.05) is 27.7 Å². The van der Waals surface area contributed by atoms with Crippen molar-refractivity contribution < 1.29 is 75.0 Å². The lowest BCUT2D eigenvalue weighted by Crippen LogP contribution is -2.65. The topological polar surface area (TPSA) is 280 Å². The highest BCUT2D eigenvalue weighted by atomic mass is 16.8. The van der Waals surface area contributed by atoms with Gasteiger partial charge in [0.25, 0.3) is 23.9 Å². The summed E-state index contributed by atoms with van der Waals surface area (Å²) in [5, 5.41) is 83.3. The Hall–Kier alpha value is -2.40. The smallest absolute Gasteiger partial charge is 0.308 e. The van der Waals surface area contributed by atoms with Gasteiger partial charge in [-0.15, -0.1) is 0 Å². The summed E-state index contributed by atoms with van der Waals surface area (Å²) in [6, 6.07) is 0. The van der Waals surface area contributed by atoms with Crippen LogP contribution in [0, 0.1) is 0 Å². The summed E-state index contributed by atoms with van der Waals surface area (Å²) < 4.78 is 4.32. The second kappa shape index (κ2) is 17.7. The maximum atomic E-state index is 9.12. The second-order valence-corrected chi connectivity index (χ2v) is 5.00. The fourth-order valence-electron chi connectivity index (χ4n) is 1.14. The molecule has 29 heavy (non-hydrogen) atoms. The summed E-state index contributed by atoms with van der Waals surface area (Å²) in [5.74, 6) is -6.29. The lowest BCUT2D eigenvalue weighted by atomic mass is 9.98. The van der Waals surface area contributed by atoms with E-state index >= 15 is 0 Å². The summed E-state index contributed by atoms with van der Waals surface area (Å²) in [4.78, 5) is 36.0.